The number of benzene rings is 1. The number of amides is 2. The van der Waals surface area contributed by atoms with E-state index in [1.54, 1.807) is 6.20 Å². The summed E-state index contributed by atoms with van der Waals surface area (Å²) in [5.41, 5.74) is 2.44. The average Bonchev–Trinajstić information content (AvgIpc) is 2.55. The molecule has 0 saturated carbocycles. The summed E-state index contributed by atoms with van der Waals surface area (Å²) < 4.78 is 0. The van der Waals surface area contributed by atoms with Crippen LogP contribution in [0.15, 0.2) is 30.5 Å². The van der Waals surface area contributed by atoms with Crippen LogP contribution in [0.2, 0.25) is 0 Å². The van der Waals surface area contributed by atoms with Gasteiger partial charge in [0.1, 0.15) is 5.69 Å². The molecule has 1 heterocycles. The molecule has 1 aromatic heterocycles. The molecular weight excluding hydrogens is 304 g/mol. The van der Waals surface area contributed by atoms with Crippen LogP contribution >= 0.6 is 0 Å². The number of aryl methyl sites for hydroxylation is 1. The zero-order valence-electron chi connectivity index (χ0n) is 14.8. The predicted octanol–water partition coefficient (Wildman–Crippen LogP) is 2.82. The maximum Gasteiger partial charge on any atom is 0.323 e. The van der Waals surface area contributed by atoms with Crippen molar-refractivity contribution in [1.82, 2.24) is 9.97 Å². The van der Waals surface area contributed by atoms with E-state index in [4.69, 9.17) is 0 Å². The molecule has 24 heavy (non-hydrogen) atoms. The topological polar surface area (TPSA) is 73.4 Å². The fourth-order valence-corrected chi connectivity index (χ4v) is 2.23. The lowest BCUT2D eigenvalue weighted by Gasteiger charge is -2.19. The van der Waals surface area contributed by atoms with E-state index < -0.39 is 0 Å². The Morgan fingerprint density at radius 2 is 1.71 bits per heavy atom. The molecule has 0 aliphatic heterocycles. The number of rotatable bonds is 5. The molecule has 2 N–H and O–H groups in total. The molecule has 0 atom stereocenters. The first-order valence-electron chi connectivity index (χ1n) is 7.80. The molecule has 0 unspecified atom stereocenters. The number of carbonyl (C=O) groups is 1. The van der Waals surface area contributed by atoms with Gasteiger partial charge in [0, 0.05) is 33.9 Å². The van der Waals surface area contributed by atoms with Crippen LogP contribution in [0, 0.1) is 0 Å². The monoisotopic (exact) mass is 328 g/mol. The Labute approximate surface area is 142 Å². The molecule has 7 nitrogen and oxygen atoms in total. The number of nitrogens with zero attached hydrogens (tertiary/aromatic N) is 4. The molecule has 0 saturated heterocycles. The van der Waals surface area contributed by atoms with Gasteiger partial charge in [-0.25, -0.2) is 9.78 Å². The van der Waals surface area contributed by atoms with E-state index in [1.165, 1.54) is 0 Å². The molecule has 0 aliphatic rings. The number of anilines is 4. The lowest BCUT2D eigenvalue weighted by atomic mass is 10.1. The normalized spacial score (nSPS) is 10.2. The lowest BCUT2D eigenvalue weighted by Crippen LogP contribution is -2.24. The zero-order chi connectivity index (χ0) is 17.7. The predicted molar refractivity (Wildman–Crippen MR) is 99.1 cm³/mol. The van der Waals surface area contributed by atoms with Gasteiger partial charge in [0.05, 0.1) is 6.20 Å². The van der Waals surface area contributed by atoms with Crippen molar-refractivity contribution in [3.8, 4) is 0 Å². The minimum Gasteiger partial charge on any atom is -0.361 e. The molecule has 128 valence electrons. The fourth-order valence-electron chi connectivity index (χ4n) is 2.23. The highest BCUT2D eigenvalue weighted by Crippen LogP contribution is 2.23. The molecule has 1 aromatic carbocycles. The summed E-state index contributed by atoms with van der Waals surface area (Å²) in [5.74, 6) is 1.23. The van der Waals surface area contributed by atoms with Crippen molar-refractivity contribution < 1.29 is 4.79 Å². The van der Waals surface area contributed by atoms with E-state index in [-0.39, 0.29) is 6.03 Å². The molecule has 0 spiro atoms. The van der Waals surface area contributed by atoms with Crippen molar-refractivity contribution in [2.45, 2.75) is 13.3 Å². The number of para-hydroxylation sites is 1. The second kappa shape index (κ2) is 7.63. The summed E-state index contributed by atoms with van der Waals surface area (Å²) in [5, 5.41) is 5.70. The smallest absolute Gasteiger partial charge is 0.323 e. The first-order chi connectivity index (χ1) is 11.4. The average molecular weight is 328 g/mol. The number of nitrogens with one attached hydrogen (secondary N) is 2. The molecule has 7 heteroatoms. The van der Waals surface area contributed by atoms with Crippen molar-refractivity contribution in [2.75, 3.05) is 48.6 Å². The van der Waals surface area contributed by atoms with E-state index in [0.29, 0.717) is 17.5 Å². The first-order valence-corrected chi connectivity index (χ1v) is 7.80. The highest BCUT2D eigenvalue weighted by Gasteiger charge is 2.13. The van der Waals surface area contributed by atoms with E-state index in [2.05, 4.69) is 27.5 Å². The van der Waals surface area contributed by atoms with Crippen molar-refractivity contribution in [1.29, 1.82) is 0 Å². The van der Waals surface area contributed by atoms with Crippen LogP contribution in [0.3, 0.4) is 0 Å². The third kappa shape index (κ3) is 4.13. The molecule has 0 fully saturated rings. The van der Waals surface area contributed by atoms with Gasteiger partial charge in [-0.2, -0.15) is 4.98 Å². The van der Waals surface area contributed by atoms with Gasteiger partial charge >= 0.3 is 6.03 Å². The number of hydrogen-bond acceptors (Lipinski definition) is 5. The van der Waals surface area contributed by atoms with Crippen molar-refractivity contribution >= 4 is 29.2 Å². The lowest BCUT2D eigenvalue weighted by molar-refractivity contribution is 0.262. The number of carbonyl (C=O) groups excluding carboxylic acids is 1. The van der Waals surface area contributed by atoms with Crippen LogP contribution in [0.5, 0.6) is 0 Å². The minimum absolute atomic E-state index is 0.319. The maximum atomic E-state index is 12.3. The molecule has 0 bridgehead atoms. The Hall–Kier alpha value is -2.83. The Bertz CT molecular complexity index is 714. The Morgan fingerprint density at radius 1 is 1.04 bits per heavy atom. The molecule has 2 amide bonds. The second-order valence-corrected chi connectivity index (χ2v) is 5.79. The summed E-state index contributed by atoms with van der Waals surface area (Å²) in [6, 6.07) is 7.42. The molecular formula is C17H24N6O. The van der Waals surface area contributed by atoms with Crippen LogP contribution in [-0.2, 0) is 6.42 Å². The van der Waals surface area contributed by atoms with E-state index >= 15 is 0 Å². The van der Waals surface area contributed by atoms with Crippen LogP contribution < -0.4 is 20.4 Å². The van der Waals surface area contributed by atoms with E-state index in [1.807, 2.05) is 62.3 Å². The van der Waals surface area contributed by atoms with Gasteiger partial charge in [0.15, 0.2) is 5.82 Å². The summed E-state index contributed by atoms with van der Waals surface area (Å²) in [4.78, 5) is 24.7. The highest BCUT2D eigenvalue weighted by atomic mass is 16.2. The Morgan fingerprint density at radius 3 is 2.33 bits per heavy atom. The fraction of sp³-hybridized carbons (Fsp3) is 0.353. The quantitative estimate of drug-likeness (QED) is 0.883. The highest BCUT2D eigenvalue weighted by molar-refractivity contribution is 6.01. The largest absolute Gasteiger partial charge is 0.361 e. The zero-order valence-corrected chi connectivity index (χ0v) is 14.8. The summed E-state index contributed by atoms with van der Waals surface area (Å²) in [7, 11) is 7.49. The van der Waals surface area contributed by atoms with Gasteiger partial charge in [-0.1, -0.05) is 25.1 Å². The number of hydrogen-bond donors (Lipinski definition) is 2. The SMILES string of the molecule is CCc1ccccc1NC(=O)Nc1cnc(N(C)C)nc1N(C)C. The van der Waals surface area contributed by atoms with Gasteiger partial charge in [-0.3, -0.25) is 0 Å². The molecule has 2 rings (SSSR count). The van der Waals surface area contributed by atoms with Gasteiger partial charge in [-0.05, 0) is 18.1 Å². The summed E-state index contributed by atoms with van der Waals surface area (Å²) >= 11 is 0. The van der Waals surface area contributed by atoms with Crippen LogP contribution in [0.4, 0.5) is 27.9 Å². The number of aromatic nitrogens is 2. The van der Waals surface area contributed by atoms with Crippen LogP contribution in [0.25, 0.3) is 0 Å². The van der Waals surface area contributed by atoms with Crippen LogP contribution in [-0.4, -0.2) is 44.2 Å². The first kappa shape index (κ1) is 17.5. The molecule has 2 aromatic rings. The second-order valence-electron chi connectivity index (χ2n) is 5.79. The van der Waals surface area contributed by atoms with Crippen molar-refractivity contribution in [3.05, 3.63) is 36.0 Å². The van der Waals surface area contributed by atoms with Gasteiger partial charge in [0.25, 0.3) is 0 Å². The Kier molecular flexibility index (Phi) is 5.57. The third-order valence-corrected chi connectivity index (χ3v) is 3.47. The van der Waals surface area contributed by atoms with E-state index in [9.17, 15) is 4.79 Å². The number of urea groups is 1. The molecule has 0 radical (unpaired) electrons. The van der Waals surface area contributed by atoms with Gasteiger partial charge in [0.2, 0.25) is 5.95 Å². The minimum atomic E-state index is -0.319. The van der Waals surface area contributed by atoms with Gasteiger partial charge in [-0.15, -0.1) is 0 Å². The van der Waals surface area contributed by atoms with Crippen LogP contribution in [0.1, 0.15) is 12.5 Å². The summed E-state index contributed by atoms with van der Waals surface area (Å²) in [6.07, 6.45) is 2.46. The van der Waals surface area contributed by atoms with Gasteiger partial charge < -0.3 is 20.4 Å². The standard InChI is InChI=1S/C17H24N6O/c1-6-12-9-7-8-10-13(12)19-17(24)20-14-11-18-16(23(4)5)21-15(14)22(2)3/h7-11H,6H2,1-5H3,(H2,19,20,24). The summed E-state index contributed by atoms with van der Waals surface area (Å²) in [6.45, 7) is 2.05. The van der Waals surface area contributed by atoms with Crippen molar-refractivity contribution in [2.24, 2.45) is 0 Å². The molecule has 0 aliphatic carbocycles. The van der Waals surface area contributed by atoms with E-state index in [0.717, 1.165) is 17.7 Å². The van der Waals surface area contributed by atoms with Crippen molar-refractivity contribution in [3.63, 3.8) is 0 Å². The maximum absolute atomic E-state index is 12.3. The third-order valence-electron chi connectivity index (χ3n) is 3.47. The Balaban J connectivity index is 2.19.